The molecule has 2 amide bonds. The fourth-order valence-corrected chi connectivity index (χ4v) is 5.99. The fraction of sp³-hybridized carbons (Fsp3) is 0.625. The average molecular weight is 476 g/mol. The molecule has 2 N–H and O–H groups in total. The third-order valence-corrected chi connectivity index (χ3v) is 8.46. The number of rotatable bonds is 6. The van der Waals surface area contributed by atoms with Crippen LogP contribution in [0.5, 0.6) is 0 Å². The van der Waals surface area contributed by atoms with Gasteiger partial charge >= 0.3 is 0 Å². The van der Waals surface area contributed by atoms with Crippen LogP contribution in [-0.2, 0) is 24.2 Å². The maximum absolute atomic E-state index is 13.4. The summed E-state index contributed by atoms with van der Waals surface area (Å²) in [6.45, 7) is 0.476. The molecule has 1 aliphatic heterocycles. The Morgan fingerprint density at radius 3 is 2.33 bits per heavy atom. The largest absolute Gasteiger partial charge is 0.363 e. The molecular formula is C24H33N3O5S. The van der Waals surface area contributed by atoms with Crippen LogP contribution in [0.1, 0.15) is 57.8 Å². The van der Waals surface area contributed by atoms with Gasteiger partial charge in [-0.05, 0) is 44.2 Å². The van der Waals surface area contributed by atoms with Gasteiger partial charge in [0.2, 0.25) is 11.8 Å². The van der Waals surface area contributed by atoms with E-state index < -0.39 is 21.4 Å². The Kier molecular flexibility index (Phi) is 6.79. The van der Waals surface area contributed by atoms with Gasteiger partial charge in [0, 0.05) is 18.7 Å². The molecule has 1 aromatic rings. The Morgan fingerprint density at radius 1 is 1.03 bits per heavy atom. The molecule has 1 heterocycles. The number of nitrogens with one attached hydrogen (secondary N) is 2. The average Bonchev–Trinajstić information content (AvgIpc) is 2.74. The lowest BCUT2D eigenvalue weighted by Crippen LogP contribution is -2.64. The number of hydrogen-bond donors (Lipinski definition) is 2. The normalized spacial score (nSPS) is 23.5. The molecule has 9 heteroatoms. The highest BCUT2D eigenvalue weighted by Gasteiger charge is 2.44. The van der Waals surface area contributed by atoms with Crippen LogP contribution in [0.3, 0.4) is 0 Å². The molecule has 0 bridgehead atoms. The van der Waals surface area contributed by atoms with Crippen LogP contribution in [0.2, 0.25) is 0 Å². The summed E-state index contributed by atoms with van der Waals surface area (Å²) in [6, 6.07) is 6.02. The second kappa shape index (κ2) is 9.44. The van der Waals surface area contributed by atoms with Crippen molar-refractivity contribution in [1.29, 1.82) is 0 Å². The number of nitrogens with zero attached hydrogens (tertiary/aromatic N) is 1. The van der Waals surface area contributed by atoms with Gasteiger partial charge < -0.3 is 15.5 Å². The van der Waals surface area contributed by atoms with Gasteiger partial charge in [-0.1, -0.05) is 37.8 Å². The molecule has 2 aliphatic carbocycles. The Bertz CT molecular complexity index is 1030. The van der Waals surface area contributed by atoms with E-state index in [1.165, 1.54) is 0 Å². The van der Waals surface area contributed by atoms with Crippen molar-refractivity contribution in [2.75, 3.05) is 24.2 Å². The molecule has 1 aromatic carbocycles. The molecule has 1 unspecified atom stereocenters. The summed E-state index contributed by atoms with van der Waals surface area (Å²) in [7, 11) is -3.43. The number of carbonyl (C=O) groups is 3. The number of benzene rings is 1. The first-order valence-electron chi connectivity index (χ1n) is 11.9. The van der Waals surface area contributed by atoms with E-state index >= 15 is 0 Å². The van der Waals surface area contributed by atoms with Gasteiger partial charge in [0.05, 0.1) is 23.2 Å². The molecule has 4 rings (SSSR count). The van der Waals surface area contributed by atoms with Crippen LogP contribution in [0, 0.1) is 5.92 Å². The Morgan fingerprint density at radius 2 is 1.73 bits per heavy atom. The van der Waals surface area contributed by atoms with E-state index in [2.05, 4.69) is 10.6 Å². The molecule has 8 nitrogen and oxygen atoms in total. The van der Waals surface area contributed by atoms with Crippen molar-refractivity contribution in [1.82, 2.24) is 10.6 Å². The van der Waals surface area contributed by atoms with Gasteiger partial charge in [-0.25, -0.2) is 8.42 Å². The zero-order valence-corrected chi connectivity index (χ0v) is 20.0. The van der Waals surface area contributed by atoms with Crippen molar-refractivity contribution in [3.63, 3.8) is 0 Å². The van der Waals surface area contributed by atoms with Gasteiger partial charge in [-0.15, -0.1) is 0 Å². The number of anilines is 1. The zero-order chi connectivity index (χ0) is 23.6. The summed E-state index contributed by atoms with van der Waals surface area (Å²) in [5.41, 5.74) is -0.430. The number of sulfone groups is 1. The highest BCUT2D eigenvalue weighted by atomic mass is 32.2. The van der Waals surface area contributed by atoms with E-state index in [1.807, 2.05) is 0 Å². The minimum atomic E-state index is -3.43. The maximum Gasteiger partial charge on any atom is 0.246 e. The van der Waals surface area contributed by atoms with Crippen molar-refractivity contribution < 1.29 is 22.8 Å². The van der Waals surface area contributed by atoms with Gasteiger partial charge in [0.15, 0.2) is 15.6 Å². The third kappa shape index (κ3) is 5.08. The number of Topliss-reactive ketones (excluding diaryl/α,β-unsaturated/α-hetero) is 1. The molecule has 3 aliphatic rings. The molecule has 180 valence electrons. The number of amides is 2. The van der Waals surface area contributed by atoms with Gasteiger partial charge in [-0.2, -0.15) is 0 Å². The summed E-state index contributed by atoms with van der Waals surface area (Å²) in [5.74, 6) is -0.472. The monoisotopic (exact) mass is 475 g/mol. The second-order valence-electron chi connectivity index (χ2n) is 9.70. The van der Waals surface area contributed by atoms with Gasteiger partial charge in [0.1, 0.15) is 5.54 Å². The van der Waals surface area contributed by atoms with Crippen LogP contribution in [0.15, 0.2) is 29.2 Å². The van der Waals surface area contributed by atoms with Crippen LogP contribution in [-0.4, -0.2) is 56.9 Å². The van der Waals surface area contributed by atoms with E-state index in [0.717, 1.165) is 44.8 Å². The highest BCUT2D eigenvalue weighted by Crippen LogP contribution is 2.33. The topological polar surface area (TPSA) is 113 Å². The maximum atomic E-state index is 13.4. The zero-order valence-electron chi connectivity index (χ0n) is 19.1. The smallest absolute Gasteiger partial charge is 0.246 e. The number of piperidine rings is 1. The highest BCUT2D eigenvalue weighted by molar-refractivity contribution is 7.90. The first-order chi connectivity index (χ1) is 15.7. The second-order valence-corrected chi connectivity index (χ2v) is 11.7. The summed E-state index contributed by atoms with van der Waals surface area (Å²) < 4.78 is 24.3. The molecule has 0 spiro atoms. The van der Waals surface area contributed by atoms with E-state index in [4.69, 9.17) is 0 Å². The first kappa shape index (κ1) is 23.7. The van der Waals surface area contributed by atoms with E-state index in [1.54, 1.807) is 29.2 Å². The lowest BCUT2D eigenvalue weighted by molar-refractivity contribution is -0.139. The molecule has 1 atom stereocenters. The summed E-state index contributed by atoms with van der Waals surface area (Å²) >= 11 is 0. The van der Waals surface area contributed by atoms with Gasteiger partial charge in [-0.3, -0.25) is 14.4 Å². The minimum Gasteiger partial charge on any atom is -0.363 e. The Hall–Kier alpha value is -2.42. The van der Waals surface area contributed by atoms with Crippen molar-refractivity contribution in [2.24, 2.45) is 5.92 Å². The number of hydrogen-bond acceptors (Lipinski definition) is 6. The fourth-order valence-electron chi connectivity index (χ4n) is 5.08. The molecule has 1 saturated heterocycles. The minimum absolute atomic E-state index is 0.00335. The van der Waals surface area contributed by atoms with Crippen molar-refractivity contribution >= 4 is 33.1 Å². The molecular weight excluding hydrogens is 442 g/mol. The van der Waals surface area contributed by atoms with Crippen molar-refractivity contribution in [3.05, 3.63) is 24.3 Å². The van der Waals surface area contributed by atoms with E-state index in [-0.39, 0.29) is 35.0 Å². The quantitative estimate of drug-likeness (QED) is 0.651. The molecule has 0 aromatic heterocycles. The van der Waals surface area contributed by atoms with Gasteiger partial charge in [0.25, 0.3) is 0 Å². The van der Waals surface area contributed by atoms with Crippen LogP contribution in [0.25, 0.3) is 0 Å². The summed E-state index contributed by atoms with van der Waals surface area (Å²) in [6.07, 6.45) is 8.28. The van der Waals surface area contributed by atoms with Crippen LogP contribution >= 0.6 is 0 Å². The summed E-state index contributed by atoms with van der Waals surface area (Å²) in [4.78, 5) is 40.9. The third-order valence-electron chi connectivity index (χ3n) is 7.31. The number of para-hydroxylation sites is 1. The van der Waals surface area contributed by atoms with Crippen molar-refractivity contribution in [3.8, 4) is 0 Å². The lowest BCUT2D eigenvalue weighted by atomic mass is 9.78. The van der Waals surface area contributed by atoms with E-state index in [9.17, 15) is 22.8 Å². The summed E-state index contributed by atoms with van der Waals surface area (Å²) in [5, 5.41) is 5.99. The Labute approximate surface area is 195 Å². The molecule has 0 radical (unpaired) electrons. The molecule has 3 fully saturated rings. The standard InChI is InChI=1S/C24H33N3O5S/c1-33(31,32)21-11-4-3-10-19(21)27-15-12-18(20(28)16-27)25-23(30)24(13-5-2-6-14-24)26-22(29)17-8-7-9-17/h3-4,10-11,17-18H,2,5-9,12-16H2,1H3,(H,25,30)(H,26,29). The number of ketones is 1. The van der Waals surface area contributed by atoms with E-state index in [0.29, 0.717) is 31.5 Å². The number of carbonyl (C=O) groups excluding carboxylic acids is 3. The molecule has 2 saturated carbocycles. The Balaban J connectivity index is 1.44. The lowest BCUT2D eigenvalue weighted by Gasteiger charge is -2.40. The van der Waals surface area contributed by atoms with Crippen LogP contribution in [0.4, 0.5) is 5.69 Å². The SMILES string of the molecule is CS(=O)(=O)c1ccccc1N1CCC(NC(=O)C2(NC(=O)C3CCC3)CCCCC2)C(=O)C1. The predicted octanol–water partition coefficient (Wildman–Crippen LogP) is 1.97. The molecule has 33 heavy (non-hydrogen) atoms. The first-order valence-corrected chi connectivity index (χ1v) is 13.8. The van der Waals surface area contributed by atoms with Crippen molar-refractivity contribution in [2.45, 2.75) is 74.3 Å². The predicted molar refractivity (Wildman–Crippen MR) is 125 cm³/mol. The van der Waals surface area contributed by atoms with Crippen LogP contribution < -0.4 is 15.5 Å².